The monoisotopic (exact) mass is 193 g/mol. The fourth-order valence-electron chi connectivity index (χ4n) is 1.08. The minimum Gasteiger partial charge on any atom is -0.281 e. The average Bonchev–Trinajstić information content (AvgIpc) is 2.23. The van der Waals surface area contributed by atoms with Gasteiger partial charge in [-0.05, 0) is 22.2 Å². The maximum Gasteiger partial charge on any atom is 0.316 e. The summed E-state index contributed by atoms with van der Waals surface area (Å²) in [6.07, 6.45) is 0. The molecule has 2 rings (SSSR count). The van der Waals surface area contributed by atoms with Gasteiger partial charge < -0.3 is 0 Å². The van der Waals surface area contributed by atoms with Crippen molar-refractivity contribution in [3.63, 3.8) is 0 Å². The van der Waals surface area contributed by atoms with Crippen molar-refractivity contribution < 1.29 is 4.94 Å². The predicted octanol–water partition coefficient (Wildman–Crippen LogP) is -1.40. The minimum atomic E-state index is -0.423. The lowest BCUT2D eigenvalue weighted by atomic mass is 10.2. The highest BCUT2D eigenvalue weighted by Gasteiger charge is 2.04. The van der Waals surface area contributed by atoms with Gasteiger partial charge in [0.1, 0.15) is 5.52 Å². The lowest BCUT2D eigenvalue weighted by Crippen LogP contribution is -2.41. The average molecular weight is 193 g/mol. The van der Waals surface area contributed by atoms with Gasteiger partial charge in [0.25, 0.3) is 0 Å². The molecule has 1 aromatic carbocycles. The van der Waals surface area contributed by atoms with Crippen LogP contribution in [0, 0.1) is 0 Å². The van der Waals surface area contributed by atoms with Gasteiger partial charge in [0.15, 0.2) is 0 Å². The van der Waals surface area contributed by atoms with E-state index in [4.69, 9.17) is 5.84 Å². The van der Waals surface area contributed by atoms with E-state index in [9.17, 15) is 4.79 Å². The Kier molecular flexibility index (Phi) is 2.09. The molecule has 0 amide bonds. The van der Waals surface area contributed by atoms with E-state index < -0.39 is 5.56 Å². The van der Waals surface area contributed by atoms with Crippen molar-refractivity contribution >= 4 is 10.9 Å². The largest absolute Gasteiger partial charge is 0.316 e. The number of rotatable bonds is 2. The van der Waals surface area contributed by atoms with Crippen molar-refractivity contribution in [2.75, 3.05) is 0 Å². The fraction of sp³-hybridized carbons (Fsp3) is 0. The molecule has 2 aromatic rings. The zero-order valence-electron chi connectivity index (χ0n) is 7.04. The normalized spacial score (nSPS) is 10.4. The van der Waals surface area contributed by atoms with Gasteiger partial charge in [-0.3, -0.25) is 9.73 Å². The van der Waals surface area contributed by atoms with E-state index >= 15 is 0 Å². The molecule has 7 nitrogen and oxygen atoms in total. The lowest BCUT2D eigenvalue weighted by molar-refractivity contribution is -0.00896. The highest BCUT2D eigenvalue weighted by molar-refractivity contribution is 5.76. The molecule has 0 atom stereocenters. The molecular weight excluding hydrogens is 186 g/mol. The minimum absolute atomic E-state index is 0.415. The number of nitrogens with zero attached hydrogens (tertiary/aromatic N) is 3. The number of benzene rings is 1. The number of fused-ring (bicyclic) bond motifs is 1. The number of hydrazine groups is 1. The Morgan fingerprint density at radius 1 is 1.43 bits per heavy atom. The van der Waals surface area contributed by atoms with Crippen LogP contribution in [-0.4, -0.2) is 15.2 Å². The summed E-state index contributed by atoms with van der Waals surface area (Å²) in [5.74, 6) is 4.87. The van der Waals surface area contributed by atoms with E-state index in [1.165, 1.54) is 0 Å². The quantitative estimate of drug-likeness (QED) is 0.450. The maximum absolute atomic E-state index is 11.6. The van der Waals surface area contributed by atoms with Crippen molar-refractivity contribution in [1.29, 1.82) is 0 Å². The third kappa shape index (κ3) is 1.30. The molecule has 0 fully saturated rings. The van der Waals surface area contributed by atoms with Gasteiger partial charge in [-0.1, -0.05) is 17.7 Å². The van der Waals surface area contributed by atoms with Crippen molar-refractivity contribution in [2.24, 2.45) is 5.84 Å². The summed E-state index contributed by atoms with van der Waals surface area (Å²) in [6, 6.07) is 6.81. The van der Waals surface area contributed by atoms with Crippen LogP contribution < -0.4 is 21.9 Å². The number of hydrogen-bond acceptors (Lipinski definition) is 6. The molecule has 0 aliphatic heterocycles. The van der Waals surface area contributed by atoms with Crippen LogP contribution in [0.15, 0.2) is 29.1 Å². The molecule has 0 spiro atoms. The second-order valence-electron chi connectivity index (χ2n) is 2.49. The third-order valence-corrected chi connectivity index (χ3v) is 1.68. The molecule has 0 unspecified atom stereocenters. The van der Waals surface area contributed by atoms with Gasteiger partial charge in [0, 0.05) is 0 Å². The SMILES string of the molecule is NNOn1nnc2ccccc2c1=O. The van der Waals surface area contributed by atoms with Crippen molar-refractivity contribution in [1.82, 2.24) is 20.7 Å². The number of nitrogens with two attached hydrogens (primary N) is 1. The number of aromatic nitrogens is 3. The summed E-state index contributed by atoms with van der Waals surface area (Å²) in [7, 11) is 0. The summed E-state index contributed by atoms with van der Waals surface area (Å²) in [4.78, 5) is 16.7. The van der Waals surface area contributed by atoms with Crippen molar-refractivity contribution in [3.8, 4) is 0 Å². The Balaban J connectivity index is 2.69. The molecule has 0 saturated carbocycles. The standard InChI is InChI=1S/C7H7N5O2/c8-10-14-12-7(13)5-3-1-2-4-6(5)9-11-12/h1-4,10H,8H2. The first-order valence-corrected chi connectivity index (χ1v) is 3.80. The Morgan fingerprint density at radius 3 is 3.00 bits per heavy atom. The highest BCUT2D eigenvalue weighted by Crippen LogP contribution is 2.02. The summed E-state index contributed by atoms with van der Waals surface area (Å²) in [5.41, 5.74) is 1.94. The predicted molar refractivity (Wildman–Crippen MR) is 47.7 cm³/mol. The molecule has 7 heteroatoms. The topological polar surface area (TPSA) is 95.1 Å². The molecule has 0 bridgehead atoms. The summed E-state index contributed by atoms with van der Waals surface area (Å²) in [5, 5.41) is 7.65. The van der Waals surface area contributed by atoms with Gasteiger partial charge in [-0.25, -0.2) is 5.84 Å². The van der Waals surface area contributed by atoms with Crippen LogP contribution in [0.1, 0.15) is 0 Å². The van der Waals surface area contributed by atoms with Crippen LogP contribution in [0.5, 0.6) is 0 Å². The van der Waals surface area contributed by atoms with Crippen LogP contribution in [-0.2, 0) is 0 Å². The molecule has 72 valence electrons. The molecule has 1 aromatic heterocycles. The van der Waals surface area contributed by atoms with E-state index in [1.807, 2.05) is 5.59 Å². The first kappa shape index (κ1) is 8.60. The smallest absolute Gasteiger partial charge is 0.281 e. The highest BCUT2D eigenvalue weighted by atomic mass is 16.8. The van der Waals surface area contributed by atoms with Crippen LogP contribution in [0.3, 0.4) is 0 Å². The molecule has 14 heavy (non-hydrogen) atoms. The van der Waals surface area contributed by atoms with Crippen LogP contribution in [0.25, 0.3) is 10.9 Å². The first-order chi connectivity index (χ1) is 6.83. The summed E-state index contributed by atoms with van der Waals surface area (Å²) < 4.78 is 0. The van der Waals surface area contributed by atoms with Crippen LogP contribution in [0.4, 0.5) is 0 Å². The number of hydrogen-bond donors (Lipinski definition) is 2. The fourth-order valence-corrected chi connectivity index (χ4v) is 1.08. The molecule has 0 aliphatic rings. The second kappa shape index (κ2) is 3.40. The molecular formula is C7H7N5O2. The molecule has 1 heterocycles. The number of nitrogens with one attached hydrogen (secondary N) is 1. The Hall–Kier alpha value is -1.99. The third-order valence-electron chi connectivity index (χ3n) is 1.68. The zero-order valence-corrected chi connectivity index (χ0v) is 7.04. The molecule has 0 aliphatic carbocycles. The Labute approximate surface area is 78.0 Å². The Morgan fingerprint density at radius 2 is 2.21 bits per heavy atom. The molecule has 3 N–H and O–H groups in total. The molecule has 0 radical (unpaired) electrons. The first-order valence-electron chi connectivity index (χ1n) is 3.80. The summed E-state index contributed by atoms with van der Waals surface area (Å²) in [6.45, 7) is 0. The molecule has 0 saturated heterocycles. The van der Waals surface area contributed by atoms with E-state index in [0.29, 0.717) is 15.7 Å². The second-order valence-corrected chi connectivity index (χ2v) is 2.49. The van der Waals surface area contributed by atoms with Gasteiger partial charge >= 0.3 is 5.56 Å². The zero-order chi connectivity index (χ0) is 9.97. The van der Waals surface area contributed by atoms with Crippen LogP contribution >= 0.6 is 0 Å². The van der Waals surface area contributed by atoms with Gasteiger partial charge in [-0.15, -0.1) is 5.10 Å². The maximum atomic E-state index is 11.6. The van der Waals surface area contributed by atoms with E-state index in [1.54, 1.807) is 24.3 Å². The van der Waals surface area contributed by atoms with E-state index in [0.717, 1.165) is 0 Å². The van der Waals surface area contributed by atoms with E-state index in [-0.39, 0.29) is 0 Å². The van der Waals surface area contributed by atoms with Gasteiger partial charge in [0.05, 0.1) is 5.39 Å². The van der Waals surface area contributed by atoms with Gasteiger partial charge in [-0.2, -0.15) is 0 Å². The van der Waals surface area contributed by atoms with Crippen LogP contribution in [0.2, 0.25) is 0 Å². The summed E-state index contributed by atoms with van der Waals surface area (Å²) >= 11 is 0. The van der Waals surface area contributed by atoms with Gasteiger partial charge in [0.2, 0.25) is 0 Å². The Bertz CT molecular complexity index is 509. The van der Waals surface area contributed by atoms with Crippen molar-refractivity contribution in [3.05, 3.63) is 34.6 Å². The lowest BCUT2D eigenvalue weighted by Gasteiger charge is -2.02. The van der Waals surface area contributed by atoms with Crippen molar-refractivity contribution in [2.45, 2.75) is 0 Å². The van der Waals surface area contributed by atoms with E-state index in [2.05, 4.69) is 15.3 Å².